The van der Waals surface area contributed by atoms with E-state index in [0.29, 0.717) is 13.0 Å². The highest BCUT2D eigenvalue weighted by Crippen LogP contribution is 2.26. The van der Waals surface area contributed by atoms with Gasteiger partial charge >= 0.3 is 0 Å². The van der Waals surface area contributed by atoms with Crippen LogP contribution in [-0.4, -0.2) is 24.7 Å². The summed E-state index contributed by atoms with van der Waals surface area (Å²) < 4.78 is 11.8. The van der Waals surface area contributed by atoms with Gasteiger partial charge in [0.25, 0.3) is 5.91 Å². The van der Waals surface area contributed by atoms with E-state index in [4.69, 9.17) is 9.47 Å². The molecule has 0 fully saturated rings. The maximum atomic E-state index is 12.7. The van der Waals surface area contributed by atoms with E-state index in [2.05, 4.69) is 5.32 Å². The molecule has 0 bridgehead atoms. The first kappa shape index (κ1) is 19.7. The lowest BCUT2D eigenvalue weighted by Gasteiger charge is -2.21. The fourth-order valence-corrected chi connectivity index (χ4v) is 3.01. The Hall–Kier alpha value is -3.01. The number of carbonyl (C=O) groups excluding carboxylic acids is 1. The molecule has 1 amide bonds. The van der Waals surface area contributed by atoms with Crippen molar-refractivity contribution in [3.63, 3.8) is 0 Å². The molecule has 28 heavy (non-hydrogen) atoms. The number of benzene rings is 3. The number of fused-ring (bicyclic) bond motifs is 1. The van der Waals surface area contributed by atoms with Crippen LogP contribution in [0.2, 0.25) is 0 Å². The second-order valence-electron chi connectivity index (χ2n) is 7.03. The molecule has 0 saturated carbocycles. The monoisotopic (exact) mass is 377 g/mol. The second-order valence-corrected chi connectivity index (χ2v) is 7.03. The van der Waals surface area contributed by atoms with E-state index in [9.17, 15) is 4.79 Å². The summed E-state index contributed by atoms with van der Waals surface area (Å²) in [5, 5.41) is 5.09. The third-order valence-electron chi connectivity index (χ3n) is 4.59. The van der Waals surface area contributed by atoms with Crippen LogP contribution in [0.1, 0.15) is 25.8 Å². The number of hydrogen-bond acceptors (Lipinski definition) is 3. The van der Waals surface area contributed by atoms with E-state index in [1.165, 1.54) is 5.56 Å². The fourth-order valence-electron chi connectivity index (χ4n) is 3.01. The number of carbonyl (C=O) groups is 1. The Kier molecular flexibility index (Phi) is 6.53. The molecule has 0 unspecified atom stereocenters. The zero-order chi connectivity index (χ0) is 19.9. The number of nitrogens with one attached hydrogen (secondary N) is 1. The first-order valence-electron chi connectivity index (χ1n) is 9.71. The molecular formula is C24H27NO3. The van der Waals surface area contributed by atoms with Gasteiger partial charge in [0.1, 0.15) is 18.1 Å². The summed E-state index contributed by atoms with van der Waals surface area (Å²) in [6, 6.07) is 21.6. The minimum atomic E-state index is -0.548. The van der Waals surface area contributed by atoms with Gasteiger partial charge in [-0.15, -0.1) is 0 Å². The van der Waals surface area contributed by atoms with Crippen molar-refractivity contribution in [1.82, 2.24) is 5.32 Å². The minimum absolute atomic E-state index is 0.126. The van der Waals surface area contributed by atoms with Gasteiger partial charge < -0.3 is 14.8 Å². The van der Waals surface area contributed by atoms with Crippen molar-refractivity contribution in [3.8, 4) is 11.5 Å². The number of ether oxygens (including phenoxy) is 2. The lowest BCUT2D eigenvalue weighted by molar-refractivity contribution is -0.128. The van der Waals surface area contributed by atoms with Gasteiger partial charge in [-0.2, -0.15) is 0 Å². The summed E-state index contributed by atoms with van der Waals surface area (Å²) in [6.45, 7) is 6.31. The van der Waals surface area contributed by atoms with Gasteiger partial charge in [0.15, 0.2) is 6.10 Å². The molecular weight excluding hydrogens is 350 g/mol. The van der Waals surface area contributed by atoms with Gasteiger partial charge in [0.2, 0.25) is 0 Å². The molecule has 0 saturated heterocycles. The lowest BCUT2D eigenvalue weighted by Crippen LogP contribution is -2.44. The molecule has 4 heteroatoms. The third kappa shape index (κ3) is 5.03. The zero-order valence-corrected chi connectivity index (χ0v) is 16.6. The topological polar surface area (TPSA) is 47.6 Å². The Morgan fingerprint density at radius 1 is 1.00 bits per heavy atom. The van der Waals surface area contributed by atoms with Gasteiger partial charge in [-0.1, -0.05) is 61.0 Å². The van der Waals surface area contributed by atoms with Crippen molar-refractivity contribution in [2.45, 2.75) is 39.3 Å². The van der Waals surface area contributed by atoms with Gasteiger partial charge in [-0.05, 0) is 43.9 Å². The Morgan fingerprint density at radius 2 is 1.71 bits per heavy atom. The number of amides is 1. The summed E-state index contributed by atoms with van der Waals surface area (Å²) in [4.78, 5) is 12.7. The number of aryl methyl sites for hydroxylation is 1. The molecule has 1 N–H and O–H groups in total. The molecule has 0 aromatic heterocycles. The highest BCUT2D eigenvalue weighted by molar-refractivity contribution is 5.89. The molecule has 0 aliphatic rings. The van der Waals surface area contributed by atoms with Crippen LogP contribution in [0.3, 0.4) is 0 Å². The van der Waals surface area contributed by atoms with Crippen LogP contribution in [0.15, 0.2) is 66.7 Å². The second kappa shape index (κ2) is 9.27. The maximum Gasteiger partial charge on any atom is 0.261 e. The van der Waals surface area contributed by atoms with Crippen molar-refractivity contribution in [2.75, 3.05) is 6.61 Å². The average Bonchev–Trinajstić information content (AvgIpc) is 2.71. The van der Waals surface area contributed by atoms with Gasteiger partial charge in [0, 0.05) is 5.39 Å². The van der Waals surface area contributed by atoms with Crippen molar-refractivity contribution in [3.05, 3.63) is 72.3 Å². The average molecular weight is 377 g/mol. The Morgan fingerprint density at radius 3 is 2.46 bits per heavy atom. The predicted octanol–water partition coefficient (Wildman–Crippen LogP) is 4.89. The first-order chi connectivity index (χ1) is 13.6. The van der Waals surface area contributed by atoms with Gasteiger partial charge in [-0.25, -0.2) is 0 Å². The number of hydrogen-bond donors (Lipinski definition) is 1. The smallest absolute Gasteiger partial charge is 0.261 e. The Bertz CT molecular complexity index is 915. The van der Waals surface area contributed by atoms with E-state index in [-0.39, 0.29) is 11.9 Å². The van der Waals surface area contributed by atoms with E-state index < -0.39 is 6.10 Å². The number of rotatable bonds is 8. The quantitative estimate of drug-likeness (QED) is 0.608. The third-order valence-corrected chi connectivity index (χ3v) is 4.59. The standard InChI is InChI=1S/C24H27NO3/c1-4-22(28-23-11-7-9-19-8-5-6-10-21(19)23)24(26)25-18(3)16-27-20-14-12-17(2)13-15-20/h5-15,18,22H,4,16H2,1-3H3,(H,25,26)/t18-,22-/m1/s1. The molecule has 3 rings (SSSR count). The van der Waals surface area contributed by atoms with Crippen LogP contribution in [0.5, 0.6) is 11.5 Å². The van der Waals surface area contributed by atoms with Crippen LogP contribution in [0, 0.1) is 6.92 Å². The van der Waals surface area contributed by atoms with E-state index in [1.807, 2.05) is 87.5 Å². The van der Waals surface area contributed by atoms with Crippen LogP contribution in [0.25, 0.3) is 10.8 Å². The molecule has 3 aromatic rings. The molecule has 146 valence electrons. The summed E-state index contributed by atoms with van der Waals surface area (Å²) in [7, 11) is 0. The van der Waals surface area contributed by atoms with Crippen LogP contribution in [0.4, 0.5) is 0 Å². The van der Waals surface area contributed by atoms with Crippen LogP contribution in [-0.2, 0) is 4.79 Å². The maximum absolute atomic E-state index is 12.7. The van der Waals surface area contributed by atoms with E-state index in [0.717, 1.165) is 22.3 Å². The molecule has 0 heterocycles. The van der Waals surface area contributed by atoms with Gasteiger partial charge in [0.05, 0.1) is 6.04 Å². The first-order valence-corrected chi connectivity index (χ1v) is 9.71. The SMILES string of the molecule is CC[C@@H](Oc1cccc2ccccc12)C(=O)N[C@H](C)COc1ccc(C)cc1. The molecule has 0 aliphatic carbocycles. The van der Waals surface area contributed by atoms with Gasteiger partial charge in [-0.3, -0.25) is 4.79 Å². The molecule has 4 nitrogen and oxygen atoms in total. The normalized spacial score (nSPS) is 13.0. The largest absolute Gasteiger partial charge is 0.491 e. The molecule has 2 atom stereocenters. The lowest BCUT2D eigenvalue weighted by atomic mass is 10.1. The van der Waals surface area contributed by atoms with E-state index in [1.54, 1.807) is 0 Å². The summed E-state index contributed by atoms with van der Waals surface area (Å²) in [5.74, 6) is 1.39. The Balaban J connectivity index is 1.59. The molecule has 0 spiro atoms. The molecule has 3 aromatic carbocycles. The summed E-state index contributed by atoms with van der Waals surface area (Å²) in [6.07, 6.45) is 0.0354. The van der Waals surface area contributed by atoms with Crippen LogP contribution >= 0.6 is 0 Å². The highest BCUT2D eigenvalue weighted by atomic mass is 16.5. The highest BCUT2D eigenvalue weighted by Gasteiger charge is 2.21. The fraction of sp³-hybridized carbons (Fsp3) is 0.292. The Labute approximate surface area is 166 Å². The zero-order valence-electron chi connectivity index (χ0n) is 16.6. The molecule has 0 aliphatic heterocycles. The van der Waals surface area contributed by atoms with E-state index >= 15 is 0 Å². The summed E-state index contributed by atoms with van der Waals surface area (Å²) >= 11 is 0. The van der Waals surface area contributed by atoms with Crippen molar-refractivity contribution >= 4 is 16.7 Å². The van der Waals surface area contributed by atoms with Crippen molar-refractivity contribution < 1.29 is 14.3 Å². The summed E-state index contributed by atoms with van der Waals surface area (Å²) in [5.41, 5.74) is 1.19. The molecule has 0 radical (unpaired) electrons. The van der Waals surface area contributed by atoms with Crippen molar-refractivity contribution in [2.24, 2.45) is 0 Å². The predicted molar refractivity (Wildman–Crippen MR) is 113 cm³/mol. The van der Waals surface area contributed by atoms with Crippen LogP contribution < -0.4 is 14.8 Å². The van der Waals surface area contributed by atoms with Crippen molar-refractivity contribution in [1.29, 1.82) is 0 Å². The minimum Gasteiger partial charge on any atom is -0.491 e.